The van der Waals surface area contributed by atoms with E-state index in [1.165, 1.54) is 25.3 Å². The van der Waals surface area contributed by atoms with E-state index in [1.807, 2.05) is 0 Å². The van der Waals surface area contributed by atoms with E-state index in [-0.39, 0.29) is 19.3 Å². The van der Waals surface area contributed by atoms with Crippen LogP contribution in [0.1, 0.15) is 18.4 Å². The summed E-state index contributed by atoms with van der Waals surface area (Å²) in [5.41, 5.74) is 5.64. The first kappa shape index (κ1) is 16.6. The number of halogens is 1. The van der Waals surface area contributed by atoms with Crippen LogP contribution in [0.15, 0.2) is 24.3 Å². The van der Waals surface area contributed by atoms with Gasteiger partial charge in [-0.3, -0.25) is 14.4 Å². The molecule has 0 radical (unpaired) electrons. The number of benzene rings is 1. The topological polar surface area (TPSA) is 98.5 Å². The van der Waals surface area contributed by atoms with Gasteiger partial charge in [0.15, 0.2) is 0 Å². The summed E-state index contributed by atoms with van der Waals surface area (Å²) in [6.45, 7) is 0. The van der Waals surface area contributed by atoms with Crippen molar-refractivity contribution >= 4 is 17.8 Å². The molecule has 0 heterocycles. The van der Waals surface area contributed by atoms with Gasteiger partial charge in [-0.1, -0.05) is 12.1 Å². The highest BCUT2D eigenvalue weighted by atomic mass is 19.1. The van der Waals surface area contributed by atoms with Gasteiger partial charge in [0.05, 0.1) is 13.5 Å². The molecule has 2 amide bonds. The minimum Gasteiger partial charge on any atom is -0.469 e. The molecule has 1 rings (SSSR count). The molecule has 0 fully saturated rings. The van der Waals surface area contributed by atoms with Crippen molar-refractivity contribution in [1.82, 2.24) is 5.32 Å². The predicted molar refractivity (Wildman–Crippen MR) is 72.5 cm³/mol. The van der Waals surface area contributed by atoms with E-state index in [0.717, 1.165) is 0 Å². The molecule has 21 heavy (non-hydrogen) atoms. The van der Waals surface area contributed by atoms with Crippen LogP contribution < -0.4 is 11.1 Å². The van der Waals surface area contributed by atoms with Crippen LogP contribution in [0.4, 0.5) is 4.39 Å². The zero-order valence-electron chi connectivity index (χ0n) is 11.6. The van der Waals surface area contributed by atoms with Gasteiger partial charge >= 0.3 is 5.97 Å². The number of methoxy groups -OCH3 is 1. The Morgan fingerprint density at radius 1 is 1.38 bits per heavy atom. The average molecular weight is 296 g/mol. The van der Waals surface area contributed by atoms with Crippen molar-refractivity contribution in [2.45, 2.75) is 25.3 Å². The summed E-state index contributed by atoms with van der Waals surface area (Å²) >= 11 is 0. The van der Waals surface area contributed by atoms with E-state index < -0.39 is 29.6 Å². The quantitative estimate of drug-likeness (QED) is 0.707. The summed E-state index contributed by atoms with van der Waals surface area (Å²) in [6.07, 6.45) is -0.0684. The number of primary amides is 1. The Bertz CT molecular complexity index is 533. The van der Waals surface area contributed by atoms with Gasteiger partial charge in [-0.15, -0.1) is 0 Å². The van der Waals surface area contributed by atoms with Crippen LogP contribution in [-0.4, -0.2) is 30.9 Å². The third-order valence-electron chi connectivity index (χ3n) is 2.80. The monoisotopic (exact) mass is 296 g/mol. The zero-order chi connectivity index (χ0) is 15.8. The maximum atomic E-state index is 13.0. The van der Waals surface area contributed by atoms with E-state index in [2.05, 4.69) is 10.1 Å². The summed E-state index contributed by atoms with van der Waals surface area (Å²) in [6, 6.07) is 4.61. The fraction of sp³-hybridized carbons (Fsp3) is 0.357. The molecule has 0 saturated carbocycles. The molecule has 0 unspecified atom stereocenters. The molecule has 7 heteroatoms. The molecule has 0 saturated heterocycles. The third-order valence-corrected chi connectivity index (χ3v) is 2.80. The Balaban J connectivity index is 2.56. The lowest BCUT2D eigenvalue weighted by Crippen LogP contribution is -2.45. The molecule has 0 aliphatic rings. The highest BCUT2D eigenvalue weighted by Gasteiger charge is 2.19. The van der Waals surface area contributed by atoms with Crippen LogP contribution in [0.3, 0.4) is 0 Å². The fourth-order valence-electron chi connectivity index (χ4n) is 1.73. The Hall–Kier alpha value is -2.44. The highest BCUT2D eigenvalue weighted by Crippen LogP contribution is 2.05. The van der Waals surface area contributed by atoms with Gasteiger partial charge in [-0.2, -0.15) is 0 Å². The Morgan fingerprint density at radius 3 is 2.67 bits per heavy atom. The smallest absolute Gasteiger partial charge is 0.305 e. The van der Waals surface area contributed by atoms with Gasteiger partial charge in [-0.25, -0.2) is 4.39 Å². The minimum atomic E-state index is -0.967. The van der Waals surface area contributed by atoms with Gasteiger partial charge in [-0.05, 0) is 24.1 Å². The molecular weight excluding hydrogens is 279 g/mol. The number of amides is 2. The Kier molecular flexibility index (Phi) is 6.32. The van der Waals surface area contributed by atoms with Gasteiger partial charge < -0.3 is 15.8 Å². The number of hydrogen-bond donors (Lipinski definition) is 2. The van der Waals surface area contributed by atoms with Crippen LogP contribution in [0.5, 0.6) is 0 Å². The number of esters is 1. The van der Waals surface area contributed by atoms with Gasteiger partial charge in [0.25, 0.3) is 0 Å². The first-order valence-corrected chi connectivity index (χ1v) is 6.32. The molecule has 0 spiro atoms. The molecule has 114 valence electrons. The highest BCUT2D eigenvalue weighted by molar-refractivity contribution is 5.87. The second-order valence-corrected chi connectivity index (χ2v) is 4.44. The van der Waals surface area contributed by atoms with Crippen molar-refractivity contribution in [3.05, 3.63) is 35.6 Å². The summed E-state index contributed by atoms with van der Waals surface area (Å²) < 4.78 is 17.4. The lowest BCUT2D eigenvalue weighted by molar-refractivity contribution is -0.141. The Morgan fingerprint density at radius 2 is 2.10 bits per heavy atom. The molecular formula is C14H17FN2O4. The van der Waals surface area contributed by atoms with Crippen LogP contribution in [-0.2, 0) is 25.5 Å². The van der Waals surface area contributed by atoms with Crippen molar-refractivity contribution in [3.8, 4) is 0 Å². The minimum absolute atomic E-state index is 0.0373. The molecule has 0 aromatic heterocycles. The molecule has 3 N–H and O–H groups in total. The molecule has 1 aromatic rings. The third kappa shape index (κ3) is 6.03. The van der Waals surface area contributed by atoms with Crippen LogP contribution in [0.25, 0.3) is 0 Å². The van der Waals surface area contributed by atoms with E-state index in [4.69, 9.17) is 5.73 Å². The lowest BCUT2D eigenvalue weighted by Gasteiger charge is -2.14. The van der Waals surface area contributed by atoms with Crippen molar-refractivity contribution < 1.29 is 23.5 Å². The number of ether oxygens (including phenoxy) is 1. The molecule has 1 aromatic carbocycles. The van der Waals surface area contributed by atoms with E-state index in [9.17, 15) is 18.8 Å². The van der Waals surface area contributed by atoms with Crippen molar-refractivity contribution in [2.75, 3.05) is 7.11 Å². The lowest BCUT2D eigenvalue weighted by atomic mass is 10.1. The molecule has 0 bridgehead atoms. The van der Waals surface area contributed by atoms with E-state index >= 15 is 0 Å². The molecule has 6 nitrogen and oxygen atoms in total. The van der Waals surface area contributed by atoms with Crippen LogP contribution in [0, 0.1) is 5.82 Å². The SMILES string of the molecule is COC(=O)CC[C@@H](NC(=O)Cc1cccc(F)c1)C(N)=O. The number of rotatable bonds is 7. The normalized spacial score (nSPS) is 11.5. The second-order valence-electron chi connectivity index (χ2n) is 4.44. The average Bonchev–Trinajstić information content (AvgIpc) is 2.42. The standard InChI is InChI=1S/C14H17FN2O4/c1-21-13(19)6-5-11(14(16)20)17-12(18)8-9-3-2-4-10(15)7-9/h2-4,7,11H,5-6,8H2,1H3,(H2,16,20)(H,17,18)/t11-/m1/s1. The first-order valence-electron chi connectivity index (χ1n) is 6.32. The van der Waals surface area contributed by atoms with E-state index in [1.54, 1.807) is 6.07 Å². The predicted octanol–water partition coefficient (Wildman–Crippen LogP) is 0.291. The molecule has 0 aliphatic carbocycles. The van der Waals surface area contributed by atoms with Gasteiger partial charge in [0, 0.05) is 6.42 Å². The largest absolute Gasteiger partial charge is 0.469 e. The van der Waals surface area contributed by atoms with Crippen molar-refractivity contribution in [2.24, 2.45) is 5.73 Å². The number of nitrogens with two attached hydrogens (primary N) is 1. The summed E-state index contributed by atoms with van der Waals surface area (Å²) in [7, 11) is 1.23. The van der Waals surface area contributed by atoms with Crippen LogP contribution >= 0.6 is 0 Å². The van der Waals surface area contributed by atoms with Gasteiger partial charge in [0.1, 0.15) is 11.9 Å². The van der Waals surface area contributed by atoms with Gasteiger partial charge in [0.2, 0.25) is 11.8 Å². The van der Waals surface area contributed by atoms with E-state index in [0.29, 0.717) is 5.56 Å². The second kappa shape index (κ2) is 7.98. The Labute approximate surface area is 121 Å². The number of nitrogens with one attached hydrogen (secondary N) is 1. The maximum Gasteiger partial charge on any atom is 0.305 e. The zero-order valence-corrected chi connectivity index (χ0v) is 11.6. The number of carbonyl (C=O) groups excluding carboxylic acids is 3. The summed E-state index contributed by atoms with van der Waals surface area (Å²) in [5, 5.41) is 2.42. The summed E-state index contributed by atoms with van der Waals surface area (Å²) in [4.78, 5) is 34.1. The van der Waals surface area contributed by atoms with Crippen LogP contribution in [0.2, 0.25) is 0 Å². The number of carbonyl (C=O) groups is 3. The maximum absolute atomic E-state index is 13.0. The first-order chi connectivity index (χ1) is 9.92. The molecule has 1 atom stereocenters. The molecule has 0 aliphatic heterocycles. The van der Waals surface area contributed by atoms with Crippen molar-refractivity contribution in [1.29, 1.82) is 0 Å². The fourth-order valence-corrected chi connectivity index (χ4v) is 1.73. The number of hydrogen-bond acceptors (Lipinski definition) is 4. The summed E-state index contributed by atoms with van der Waals surface area (Å²) in [5.74, 6) is -2.17. The van der Waals surface area contributed by atoms with Crippen molar-refractivity contribution in [3.63, 3.8) is 0 Å².